The number of nitrogens with zero attached hydrogens (tertiary/aromatic N) is 1. The third-order valence-corrected chi connectivity index (χ3v) is 4.24. The third-order valence-electron chi connectivity index (χ3n) is 2.85. The summed E-state index contributed by atoms with van der Waals surface area (Å²) < 4.78 is 26.3. The standard InChI is InChI=1S/C12H15N3O2S/c13-8-10-3-1-4-11(7-10)15-18(16,17)9-12-5-2-6-14-12/h1,3-4,7,12,14-15H,2,5-6,9H2. The maximum Gasteiger partial charge on any atom is 0.234 e. The fourth-order valence-corrected chi connectivity index (χ4v) is 3.42. The predicted molar refractivity (Wildman–Crippen MR) is 69.6 cm³/mol. The van der Waals surface area contributed by atoms with Crippen LogP contribution in [0.1, 0.15) is 18.4 Å². The van der Waals surface area contributed by atoms with Crippen LogP contribution in [-0.2, 0) is 10.0 Å². The lowest BCUT2D eigenvalue weighted by atomic mass is 10.2. The van der Waals surface area contributed by atoms with Crippen LogP contribution < -0.4 is 10.0 Å². The smallest absolute Gasteiger partial charge is 0.234 e. The van der Waals surface area contributed by atoms with Crippen molar-refractivity contribution < 1.29 is 8.42 Å². The van der Waals surface area contributed by atoms with Crippen molar-refractivity contribution >= 4 is 15.7 Å². The zero-order valence-corrected chi connectivity index (χ0v) is 10.7. The van der Waals surface area contributed by atoms with Crippen molar-refractivity contribution in [2.45, 2.75) is 18.9 Å². The first-order valence-corrected chi connectivity index (χ1v) is 7.48. The van der Waals surface area contributed by atoms with Gasteiger partial charge in [0.05, 0.1) is 17.4 Å². The number of hydrogen-bond acceptors (Lipinski definition) is 4. The molecule has 2 N–H and O–H groups in total. The average molecular weight is 265 g/mol. The highest BCUT2D eigenvalue weighted by molar-refractivity contribution is 7.92. The van der Waals surface area contributed by atoms with Crippen molar-refractivity contribution in [3.63, 3.8) is 0 Å². The molecule has 18 heavy (non-hydrogen) atoms. The van der Waals surface area contributed by atoms with Crippen LogP contribution in [0.2, 0.25) is 0 Å². The van der Waals surface area contributed by atoms with Gasteiger partial charge in [0.25, 0.3) is 0 Å². The van der Waals surface area contributed by atoms with Crippen molar-refractivity contribution in [3.05, 3.63) is 29.8 Å². The van der Waals surface area contributed by atoms with Crippen molar-refractivity contribution in [2.24, 2.45) is 0 Å². The van der Waals surface area contributed by atoms with Crippen LogP contribution in [0.25, 0.3) is 0 Å². The summed E-state index contributed by atoms with van der Waals surface area (Å²) in [5, 5.41) is 11.9. The predicted octanol–water partition coefficient (Wildman–Crippen LogP) is 1.05. The molecule has 5 nitrogen and oxygen atoms in total. The summed E-state index contributed by atoms with van der Waals surface area (Å²) in [7, 11) is -3.36. The van der Waals surface area contributed by atoms with E-state index in [9.17, 15) is 8.42 Å². The topological polar surface area (TPSA) is 82.0 Å². The molecule has 0 aromatic heterocycles. The van der Waals surface area contributed by atoms with E-state index in [0.29, 0.717) is 11.3 Å². The van der Waals surface area contributed by atoms with Gasteiger partial charge in [-0.15, -0.1) is 0 Å². The van der Waals surface area contributed by atoms with Gasteiger partial charge in [0.15, 0.2) is 0 Å². The molecule has 0 aliphatic carbocycles. The van der Waals surface area contributed by atoms with E-state index >= 15 is 0 Å². The van der Waals surface area contributed by atoms with E-state index in [4.69, 9.17) is 5.26 Å². The highest BCUT2D eigenvalue weighted by Crippen LogP contribution is 2.14. The molecule has 1 aliphatic heterocycles. The molecular formula is C12H15N3O2S. The maximum absolute atomic E-state index is 11.9. The number of nitriles is 1. The second kappa shape index (κ2) is 5.38. The van der Waals surface area contributed by atoms with Crippen LogP contribution >= 0.6 is 0 Å². The molecule has 0 bridgehead atoms. The molecule has 1 atom stereocenters. The molecule has 1 unspecified atom stereocenters. The Hall–Kier alpha value is -1.58. The fraction of sp³-hybridized carbons (Fsp3) is 0.417. The highest BCUT2D eigenvalue weighted by atomic mass is 32.2. The summed E-state index contributed by atoms with van der Waals surface area (Å²) in [5.74, 6) is 0.0732. The van der Waals surface area contributed by atoms with Gasteiger partial charge in [0.1, 0.15) is 0 Å². The lowest BCUT2D eigenvalue weighted by molar-refractivity contribution is 0.582. The number of benzene rings is 1. The lowest BCUT2D eigenvalue weighted by Crippen LogP contribution is -2.32. The Balaban J connectivity index is 2.04. The van der Waals surface area contributed by atoms with Crippen LogP contribution in [0.5, 0.6) is 0 Å². The van der Waals surface area contributed by atoms with E-state index in [1.807, 2.05) is 6.07 Å². The zero-order valence-electron chi connectivity index (χ0n) is 9.89. The average Bonchev–Trinajstić information content (AvgIpc) is 2.80. The molecule has 2 rings (SSSR count). The largest absolute Gasteiger partial charge is 0.313 e. The molecule has 0 amide bonds. The molecule has 0 saturated carbocycles. The summed E-state index contributed by atoms with van der Waals surface area (Å²) in [6.45, 7) is 0.879. The monoisotopic (exact) mass is 265 g/mol. The van der Waals surface area contributed by atoms with E-state index in [2.05, 4.69) is 10.0 Å². The van der Waals surface area contributed by atoms with Crippen LogP contribution in [0.4, 0.5) is 5.69 Å². The van der Waals surface area contributed by atoms with E-state index in [1.165, 1.54) is 6.07 Å². The van der Waals surface area contributed by atoms with Gasteiger partial charge in [-0.3, -0.25) is 4.72 Å². The SMILES string of the molecule is N#Cc1cccc(NS(=O)(=O)CC2CCCN2)c1. The Morgan fingerprint density at radius 1 is 1.50 bits per heavy atom. The van der Waals surface area contributed by atoms with Gasteiger partial charge in [-0.25, -0.2) is 8.42 Å². The van der Waals surface area contributed by atoms with Gasteiger partial charge in [0.2, 0.25) is 10.0 Å². The van der Waals surface area contributed by atoms with Crippen LogP contribution in [0.15, 0.2) is 24.3 Å². The molecular weight excluding hydrogens is 250 g/mol. The first kappa shape index (κ1) is 12.9. The van der Waals surface area contributed by atoms with E-state index in [1.54, 1.807) is 18.2 Å². The number of nitrogens with one attached hydrogen (secondary N) is 2. The zero-order chi connectivity index (χ0) is 13.0. The number of sulfonamides is 1. The van der Waals surface area contributed by atoms with Crippen molar-refractivity contribution in [3.8, 4) is 6.07 Å². The molecule has 1 aromatic rings. The van der Waals surface area contributed by atoms with Gasteiger partial charge >= 0.3 is 0 Å². The Morgan fingerprint density at radius 2 is 2.33 bits per heavy atom. The van der Waals surface area contributed by atoms with Crippen LogP contribution in [0, 0.1) is 11.3 Å². The number of anilines is 1. The number of hydrogen-bond donors (Lipinski definition) is 2. The Bertz CT molecular complexity index is 557. The first-order chi connectivity index (χ1) is 8.59. The normalized spacial score (nSPS) is 19.4. The summed E-state index contributed by atoms with van der Waals surface area (Å²) in [6, 6.07) is 8.47. The van der Waals surface area contributed by atoms with Crippen LogP contribution in [0.3, 0.4) is 0 Å². The number of rotatable bonds is 4. The summed E-state index contributed by atoms with van der Waals surface area (Å²) in [4.78, 5) is 0. The van der Waals surface area contributed by atoms with Gasteiger partial charge in [-0.1, -0.05) is 6.07 Å². The van der Waals surface area contributed by atoms with Gasteiger partial charge in [0, 0.05) is 11.7 Å². The van der Waals surface area contributed by atoms with Gasteiger partial charge in [-0.05, 0) is 37.6 Å². The van der Waals surface area contributed by atoms with Crippen molar-refractivity contribution in [1.82, 2.24) is 5.32 Å². The molecule has 1 aromatic carbocycles. The van der Waals surface area contributed by atoms with Crippen LogP contribution in [-0.4, -0.2) is 26.8 Å². The molecule has 1 aliphatic rings. The second-order valence-electron chi connectivity index (χ2n) is 4.37. The first-order valence-electron chi connectivity index (χ1n) is 5.83. The summed E-state index contributed by atoms with van der Waals surface area (Å²) >= 11 is 0. The quantitative estimate of drug-likeness (QED) is 0.852. The van der Waals surface area contributed by atoms with E-state index in [-0.39, 0.29) is 11.8 Å². The minimum atomic E-state index is -3.36. The molecule has 1 fully saturated rings. The minimum Gasteiger partial charge on any atom is -0.313 e. The molecule has 1 saturated heterocycles. The van der Waals surface area contributed by atoms with E-state index in [0.717, 1.165) is 19.4 Å². The maximum atomic E-state index is 11.9. The highest BCUT2D eigenvalue weighted by Gasteiger charge is 2.21. The Kier molecular flexibility index (Phi) is 3.84. The van der Waals surface area contributed by atoms with Gasteiger partial charge in [-0.2, -0.15) is 5.26 Å². The molecule has 1 heterocycles. The molecule has 0 spiro atoms. The fourth-order valence-electron chi connectivity index (χ4n) is 2.04. The Morgan fingerprint density at radius 3 is 3.00 bits per heavy atom. The summed E-state index contributed by atoms with van der Waals surface area (Å²) in [5.41, 5.74) is 0.876. The van der Waals surface area contributed by atoms with Crippen molar-refractivity contribution in [2.75, 3.05) is 17.0 Å². The van der Waals surface area contributed by atoms with E-state index < -0.39 is 10.0 Å². The molecule has 96 valence electrons. The summed E-state index contributed by atoms with van der Waals surface area (Å²) in [6.07, 6.45) is 1.91. The minimum absolute atomic E-state index is 0.0293. The Labute approximate surface area is 107 Å². The molecule has 0 radical (unpaired) electrons. The van der Waals surface area contributed by atoms with Gasteiger partial charge < -0.3 is 5.32 Å². The van der Waals surface area contributed by atoms with Crippen molar-refractivity contribution in [1.29, 1.82) is 5.26 Å². The second-order valence-corrected chi connectivity index (χ2v) is 6.14. The third kappa shape index (κ3) is 3.45. The lowest BCUT2D eigenvalue weighted by Gasteiger charge is -2.12. The molecule has 6 heteroatoms.